The zero-order chi connectivity index (χ0) is 10.3. The van der Waals surface area contributed by atoms with Gasteiger partial charge in [0.25, 0.3) is 0 Å². The molecule has 2 heteroatoms. The molecule has 0 aromatic carbocycles. The van der Waals surface area contributed by atoms with Gasteiger partial charge < -0.3 is 4.90 Å². The molecule has 2 rings (SSSR count). The van der Waals surface area contributed by atoms with Gasteiger partial charge in [-0.25, -0.2) is 0 Å². The average molecular weight is 196 g/mol. The number of hydrogen-bond donors (Lipinski definition) is 0. The van der Waals surface area contributed by atoms with Crippen LogP contribution >= 0.6 is 0 Å². The number of likely N-dealkylation sites (tertiary alicyclic amines) is 2. The smallest absolute Gasteiger partial charge is 0.0249 e. The van der Waals surface area contributed by atoms with Gasteiger partial charge in [0, 0.05) is 18.1 Å². The maximum Gasteiger partial charge on any atom is 0.0249 e. The monoisotopic (exact) mass is 196 g/mol. The Morgan fingerprint density at radius 2 is 1.71 bits per heavy atom. The summed E-state index contributed by atoms with van der Waals surface area (Å²) in [5.41, 5.74) is 0.356. The highest BCUT2D eigenvalue weighted by atomic mass is 15.3. The topological polar surface area (TPSA) is 6.48 Å². The molecule has 82 valence electrons. The number of hydrogen-bond acceptors (Lipinski definition) is 2. The molecule has 0 aromatic heterocycles. The van der Waals surface area contributed by atoms with E-state index in [4.69, 9.17) is 0 Å². The van der Waals surface area contributed by atoms with Crippen molar-refractivity contribution in [1.82, 2.24) is 9.80 Å². The molecule has 2 unspecified atom stereocenters. The summed E-state index contributed by atoms with van der Waals surface area (Å²) in [4.78, 5) is 5.21. The van der Waals surface area contributed by atoms with E-state index in [0.29, 0.717) is 5.54 Å². The van der Waals surface area contributed by atoms with Gasteiger partial charge in [-0.1, -0.05) is 0 Å². The lowest BCUT2D eigenvalue weighted by Crippen LogP contribution is -2.53. The molecule has 0 radical (unpaired) electrons. The standard InChI is InChI=1S/C12H24N2/c1-12(2,3)14-8-6-10-5-7-13(4)11(10)9-14/h10-11H,5-9H2,1-4H3. The van der Waals surface area contributed by atoms with Crippen LogP contribution in [0, 0.1) is 5.92 Å². The minimum Gasteiger partial charge on any atom is -0.302 e. The summed E-state index contributed by atoms with van der Waals surface area (Å²) in [7, 11) is 2.29. The predicted molar refractivity (Wildman–Crippen MR) is 60.5 cm³/mol. The second kappa shape index (κ2) is 3.49. The third-order valence-electron chi connectivity index (χ3n) is 4.09. The zero-order valence-corrected chi connectivity index (χ0v) is 10.1. The molecule has 2 nitrogen and oxygen atoms in total. The van der Waals surface area contributed by atoms with Crippen LogP contribution in [0.3, 0.4) is 0 Å². The van der Waals surface area contributed by atoms with Crippen LogP contribution in [0.1, 0.15) is 33.6 Å². The second-order valence-corrected chi connectivity index (χ2v) is 6.00. The van der Waals surface area contributed by atoms with Crippen LogP contribution in [0.15, 0.2) is 0 Å². The highest BCUT2D eigenvalue weighted by Crippen LogP contribution is 2.32. The van der Waals surface area contributed by atoms with Gasteiger partial charge in [-0.05, 0) is 59.7 Å². The number of rotatable bonds is 0. The lowest BCUT2D eigenvalue weighted by atomic mass is 9.89. The van der Waals surface area contributed by atoms with Gasteiger partial charge in [-0.2, -0.15) is 0 Å². The van der Waals surface area contributed by atoms with E-state index in [1.54, 1.807) is 0 Å². The molecule has 2 aliphatic heterocycles. The van der Waals surface area contributed by atoms with Crippen LogP contribution in [0.4, 0.5) is 0 Å². The molecule has 2 atom stereocenters. The fourth-order valence-corrected chi connectivity index (χ4v) is 2.96. The van der Waals surface area contributed by atoms with Crippen molar-refractivity contribution in [2.45, 2.75) is 45.2 Å². The number of likely N-dealkylation sites (N-methyl/N-ethyl adjacent to an activating group) is 1. The first kappa shape index (κ1) is 10.4. The summed E-state index contributed by atoms with van der Waals surface area (Å²) < 4.78 is 0. The summed E-state index contributed by atoms with van der Waals surface area (Å²) in [6, 6.07) is 0.836. The number of nitrogens with zero attached hydrogens (tertiary/aromatic N) is 2. The molecular formula is C12H24N2. The normalized spacial score (nSPS) is 36.0. The number of piperidine rings is 1. The van der Waals surface area contributed by atoms with Crippen LogP contribution in [0.25, 0.3) is 0 Å². The van der Waals surface area contributed by atoms with E-state index in [2.05, 4.69) is 37.6 Å². The summed E-state index contributed by atoms with van der Waals surface area (Å²) in [5, 5.41) is 0. The maximum absolute atomic E-state index is 2.65. The SMILES string of the molecule is CN1CCC2CCN(C(C)(C)C)CC21. The second-order valence-electron chi connectivity index (χ2n) is 6.00. The van der Waals surface area contributed by atoms with E-state index in [-0.39, 0.29) is 0 Å². The number of fused-ring (bicyclic) bond motifs is 1. The Kier molecular flexibility index (Phi) is 2.61. The third kappa shape index (κ3) is 1.82. The van der Waals surface area contributed by atoms with Gasteiger partial charge in [0.15, 0.2) is 0 Å². The van der Waals surface area contributed by atoms with Crippen molar-refractivity contribution in [1.29, 1.82) is 0 Å². The highest BCUT2D eigenvalue weighted by Gasteiger charge is 2.38. The maximum atomic E-state index is 2.65. The Balaban J connectivity index is 2.02. The first-order chi connectivity index (χ1) is 6.48. The van der Waals surface area contributed by atoms with Crippen LogP contribution in [0.2, 0.25) is 0 Å². The minimum atomic E-state index is 0.356. The fraction of sp³-hybridized carbons (Fsp3) is 1.00. The van der Waals surface area contributed by atoms with Crippen molar-refractivity contribution >= 4 is 0 Å². The molecule has 0 bridgehead atoms. The largest absolute Gasteiger partial charge is 0.302 e. The average Bonchev–Trinajstić information content (AvgIpc) is 2.46. The van der Waals surface area contributed by atoms with Crippen LogP contribution in [0.5, 0.6) is 0 Å². The first-order valence-electron chi connectivity index (χ1n) is 5.94. The molecular weight excluding hydrogens is 172 g/mol. The van der Waals surface area contributed by atoms with Gasteiger partial charge in [0.1, 0.15) is 0 Å². The van der Waals surface area contributed by atoms with Gasteiger partial charge in [0.2, 0.25) is 0 Å². The molecule has 14 heavy (non-hydrogen) atoms. The van der Waals surface area contributed by atoms with Crippen LogP contribution in [-0.2, 0) is 0 Å². The molecule has 0 aromatic rings. The molecule has 2 fully saturated rings. The summed E-state index contributed by atoms with van der Waals surface area (Å²) in [6.45, 7) is 10.9. The van der Waals surface area contributed by atoms with Crippen LogP contribution < -0.4 is 0 Å². The zero-order valence-electron chi connectivity index (χ0n) is 10.1. The first-order valence-corrected chi connectivity index (χ1v) is 5.94. The Hall–Kier alpha value is -0.0800. The Labute approximate surface area is 88.3 Å². The van der Waals surface area contributed by atoms with Crippen molar-refractivity contribution in [3.05, 3.63) is 0 Å². The van der Waals surface area contributed by atoms with E-state index in [1.807, 2.05) is 0 Å². The Morgan fingerprint density at radius 3 is 2.36 bits per heavy atom. The van der Waals surface area contributed by atoms with E-state index < -0.39 is 0 Å². The van der Waals surface area contributed by atoms with Gasteiger partial charge >= 0.3 is 0 Å². The molecule has 0 amide bonds. The van der Waals surface area contributed by atoms with Crippen molar-refractivity contribution in [3.8, 4) is 0 Å². The van der Waals surface area contributed by atoms with Gasteiger partial charge in [-0.15, -0.1) is 0 Å². The molecule has 0 aliphatic carbocycles. The summed E-state index contributed by atoms with van der Waals surface area (Å²) in [5.74, 6) is 0.985. The molecule has 2 saturated heterocycles. The van der Waals surface area contributed by atoms with Gasteiger partial charge in [-0.3, -0.25) is 4.90 Å². The summed E-state index contributed by atoms with van der Waals surface area (Å²) in [6.07, 6.45) is 2.84. The fourth-order valence-electron chi connectivity index (χ4n) is 2.96. The molecule has 0 saturated carbocycles. The minimum absolute atomic E-state index is 0.356. The molecule has 2 heterocycles. The quantitative estimate of drug-likeness (QED) is 0.583. The van der Waals surface area contributed by atoms with E-state index >= 15 is 0 Å². The summed E-state index contributed by atoms with van der Waals surface area (Å²) >= 11 is 0. The highest BCUT2D eigenvalue weighted by molar-refractivity contribution is 4.94. The third-order valence-corrected chi connectivity index (χ3v) is 4.09. The predicted octanol–water partition coefficient (Wildman–Crippen LogP) is 1.81. The Morgan fingerprint density at radius 1 is 1.07 bits per heavy atom. The van der Waals surface area contributed by atoms with Crippen molar-refractivity contribution in [2.24, 2.45) is 5.92 Å². The Bertz CT molecular complexity index is 207. The molecule has 0 spiro atoms. The van der Waals surface area contributed by atoms with Crippen molar-refractivity contribution in [3.63, 3.8) is 0 Å². The van der Waals surface area contributed by atoms with Crippen molar-refractivity contribution < 1.29 is 0 Å². The van der Waals surface area contributed by atoms with E-state index in [1.165, 1.54) is 32.5 Å². The van der Waals surface area contributed by atoms with E-state index in [9.17, 15) is 0 Å². The van der Waals surface area contributed by atoms with E-state index in [0.717, 1.165) is 12.0 Å². The lowest BCUT2D eigenvalue weighted by molar-refractivity contribution is 0.0506. The molecule has 2 aliphatic rings. The lowest BCUT2D eigenvalue weighted by Gasteiger charge is -2.44. The molecule has 0 N–H and O–H groups in total. The van der Waals surface area contributed by atoms with Crippen molar-refractivity contribution in [2.75, 3.05) is 26.7 Å². The van der Waals surface area contributed by atoms with Gasteiger partial charge in [0.05, 0.1) is 0 Å². The van der Waals surface area contributed by atoms with Crippen LogP contribution in [-0.4, -0.2) is 48.1 Å².